The molecule has 0 atom stereocenters. The highest BCUT2D eigenvalue weighted by Crippen LogP contribution is 2.21. The Morgan fingerprint density at radius 3 is 2.64 bits per heavy atom. The van der Waals surface area contributed by atoms with Crippen LogP contribution in [0.15, 0.2) is 23.4 Å². The fraction of sp³-hybridized carbons (Fsp3) is 0.222. The molecular weight excluding hydrogens is 228 g/mol. The van der Waals surface area contributed by atoms with Crippen LogP contribution in [0.2, 0.25) is 10.0 Å². The Labute approximate surface area is 90.9 Å². The molecule has 1 aromatic carbocycles. The van der Waals surface area contributed by atoms with Gasteiger partial charge in [-0.1, -0.05) is 34.4 Å². The molecule has 0 unspecified atom stereocenters. The fourth-order valence-corrected chi connectivity index (χ4v) is 1.47. The summed E-state index contributed by atoms with van der Waals surface area (Å²) in [5.41, 5.74) is 0.718. The number of oxime groups is 1. The van der Waals surface area contributed by atoms with Crippen molar-refractivity contribution < 1.29 is 9.60 Å². The normalized spacial score (nSPS) is 11.8. The van der Waals surface area contributed by atoms with Gasteiger partial charge < -0.3 is 5.21 Å². The number of benzene rings is 1. The molecule has 14 heavy (non-hydrogen) atoms. The molecule has 0 aliphatic carbocycles. The van der Waals surface area contributed by atoms with E-state index in [2.05, 4.69) is 5.16 Å². The van der Waals surface area contributed by atoms with Crippen LogP contribution < -0.4 is 0 Å². The molecule has 1 aromatic rings. The molecule has 0 bridgehead atoms. The van der Waals surface area contributed by atoms with E-state index in [1.165, 1.54) is 0 Å². The molecule has 0 saturated carbocycles. The van der Waals surface area contributed by atoms with Crippen LogP contribution in [-0.2, 0) is 6.42 Å². The molecule has 0 amide bonds. The van der Waals surface area contributed by atoms with Crippen LogP contribution in [0.5, 0.6) is 0 Å². The summed E-state index contributed by atoms with van der Waals surface area (Å²) in [6.07, 6.45) is 0.184. The molecular formula is C9H8Cl2FNO. The van der Waals surface area contributed by atoms with Crippen LogP contribution in [-0.4, -0.2) is 17.6 Å². The van der Waals surface area contributed by atoms with Crippen molar-refractivity contribution >= 4 is 28.9 Å². The van der Waals surface area contributed by atoms with Gasteiger partial charge in [-0.25, -0.2) is 4.39 Å². The minimum atomic E-state index is -0.796. The third kappa shape index (κ3) is 2.86. The second-order valence-corrected chi connectivity index (χ2v) is 3.56. The van der Waals surface area contributed by atoms with Gasteiger partial charge in [0.05, 0.1) is 5.71 Å². The second kappa shape index (κ2) is 5.17. The Morgan fingerprint density at radius 1 is 1.43 bits per heavy atom. The van der Waals surface area contributed by atoms with E-state index in [1.54, 1.807) is 18.2 Å². The predicted octanol–water partition coefficient (Wildman–Crippen LogP) is 3.34. The number of nitrogens with zero attached hydrogens (tertiary/aromatic N) is 1. The molecule has 0 radical (unpaired) electrons. The number of hydrogen-bond donors (Lipinski definition) is 1. The Bertz CT molecular complexity index is 355. The van der Waals surface area contributed by atoms with Gasteiger partial charge in [-0.2, -0.15) is 0 Å². The Hall–Kier alpha value is -0.800. The van der Waals surface area contributed by atoms with E-state index >= 15 is 0 Å². The number of halogens is 3. The summed E-state index contributed by atoms with van der Waals surface area (Å²) in [5, 5.41) is 12.2. The van der Waals surface area contributed by atoms with Gasteiger partial charge in [0.1, 0.15) is 6.67 Å². The van der Waals surface area contributed by atoms with E-state index in [4.69, 9.17) is 28.4 Å². The average Bonchev–Trinajstić information content (AvgIpc) is 2.17. The molecule has 0 fully saturated rings. The lowest BCUT2D eigenvalue weighted by atomic mass is 10.1. The van der Waals surface area contributed by atoms with Gasteiger partial charge in [-0.3, -0.25) is 0 Å². The Balaban J connectivity index is 2.87. The number of hydrogen-bond acceptors (Lipinski definition) is 2. The molecule has 2 nitrogen and oxygen atoms in total. The van der Waals surface area contributed by atoms with Crippen molar-refractivity contribution in [1.82, 2.24) is 0 Å². The highest BCUT2D eigenvalue weighted by molar-refractivity contribution is 6.35. The van der Waals surface area contributed by atoms with Crippen molar-refractivity contribution in [2.24, 2.45) is 5.16 Å². The zero-order valence-corrected chi connectivity index (χ0v) is 8.69. The highest BCUT2D eigenvalue weighted by atomic mass is 35.5. The zero-order valence-electron chi connectivity index (χ0n) is 7.17. The van der Waals surface area contributed by atoms with Crippen LogP contribution in [0.4, 0.5) is 4.39 Å². The summed E-state index contributed by atoms with van der Waals surface area (Å²) in [6.45, 7) is -0.796. The van der Waals surface area contributed by atoms with Crippen LogP contribution in [0.25, 0.3) is 0 Å². The van der Waals surface area contributed by atoms with E-state index in [0.29, 0.717) is 15.6 Å². The summed E-state index contributed by atoms with van der Waals surface area (Å²) in [7, 11) is 0. The third-order valence-electron chi connectivity index (χ3n) is 1.71. The maximum absolute atomic E-state index is 12.2. The Morgan fingerprint density at radius 2 is 2.14 bits per heavy atom. The van der Waals surface area contributed by atoms with Crippen molar-refractivity contribution in [3.05, 3.63) is 33.8 Å². The molecule has 0 aliphatic heterocycles. The first-order valence-corrected chi connectivity index (χ1v) is 4.62. The van der Waals surface area contributed by atoms with Crippen molar-refractivity contribution in [3.63, 3.8) is 0 Å². The molecule has 0 heterocycles. The third-order valence-corrected chi connectivity index (χ3v) is 2.29. The molecule has 1 N–H and O–H groups in total. The first kappa shape index (κ1) is 11.3. The Kier molecular flexibility index (Phi) is 4.17. The van der Waals surface area contributed by atoms with Crippen molar-refractivity contribution in [2.45, 2.75) is 6.42 Å². The quantitative estimate of drug-likeness (QED) is 0.487. The summed E-state index contributed by atoms with van der Waals surface area (Å²) in [6, 6.07) is 4.88. The molecule has 5 heteroatoms. The molecule has 0 saturated heterocycles. The SMILES string of the molecule is O/N=C(/CF)Cc1ccc(Cl)cc1Cl. The maximum atomic E-state index is 12.2. The summed E-state index contributed by atoms with van der Waals surface area (Å²) in [5.74, 6) is 0. The predicted molar refractivity (Wildman–Crippen MR) is 55.4 cm³/mol. The standard InChI is InChI=1S/C9H8Cl2FNO/c10-7-2-1-6(9(11)4-7)3-8(5-12)13-14/h1-2,4,14H,3,5H2/b13-8+. The van der Waals surface area contributed by atoms with Gasteiger partial charge in [0.15, 0.2) is 0 Å². The van der Waals surface area contributed by atoms with Crippen LogP contribution in [0.1, 0.15) is 5.56 Å². The van der Waals surface area contributed by atoms with Crippen molar-refractivity contribution in [3.8, 4) is 0 Å². The van der Waals surface area contributed by atoms with E-state index in [-0.39, 0.29) is 12.1 Å². The zero-order chi connectivity index (χ0) is 10.6. The summed E-state index contributed by atoms with van der Waals surface area (Å²) < 4.78 is 12.2. The highest BCUT2D eigenvalue weighted by Gasteiger charge is 2.06. The first-order chi connectivity index (χ1) is 6.67. The topological polar surface area (TPSA) is 32.6 Å². The number of alkyl halides is 1. The largest absolute Gasteiger partial charge is 0.411 e. The fourth-order valence-electron chi connectivity index (χ4n) is 0.994. The van der Waals surface area contributed by atoms with Gasteiger partial charge in [0.2, 0.25) is 0 Å². The average molecular weight is 236 g/mol. The van der Waals surface area contributed by atoms with Crippen LogP contribution in [0, 0.1) is 0 Å². The minimum absolute atomic E-state index is 0.0363. The van der Waals surface area contributed by atoms with Gasteiger partial charge in [0.25, 0.3) is 0 Å². The van der Waals surface area contributed by atoms with Crippen molar-refractivity contribution in [1.29, 1.82) is 0 Å². The van der Waals surface area contributed by atoms with Gasteiger partial charge in [-0.05, 0) is 17.7 Å². The second-order valence-electron chi connectivity index (χ2n) is 2.71. The lowest BCUT2D eigenvalue weighted by Crippen LogP contribution is -2.05. The molecule has 0 spiro atoms. The summed E-state index contributed by atoms with van der Waals surface area (Å²) >= 11 is 11.5. The molecule has 76 valence electrons. The van der Waals surface area contributed by atoms with Crippen molar-refractivity contribution in [2.75, 3.05) is 6.67 Å². The van der Waals surface area contributed by atoms with E-state index in [1.807, 2.05) is 0 Å². The van der Waals surface area contributed by atoms with Crippen LogP contribution >= 0.6 is 23.2 Å². The number of rotatable bonds is 3. The summed E-state index contributed by atoms with van der Waals surface area (Å²) in [4.78, 5) is 0. The molecule has 0 aliphatic rings. The monoisotopic (exact) mass is 235 g/mol. The van der Waals surface area contributed by atoms with Crippen LogP contribution in [0.3, 0.4) is 0 Å². The molecule has 1 rings (SSSR count). The van der Waals surface area contributed by atoms with Gasteiger partial charge in [-0.15, -0.1) is 0 Å². The first-order valence-electron chi connectivity index (χ1n) is 3.87. The minimum Gasteiger partial charge on any atom is -0.411 e. The van der Waals surface area contributed by atoms with Gasteiger partial charge in [0, 0.05) is 16.5 Å². The van der Waals surface area contributed by atoms with E-state index in [9.17, 15) is 4.39 Å². The van der Waals surface area contributed by atoms with Gasteiger partial charge >= 0.3 is 0 Å². The van der Waals surface area contributed by atoms with E-state index in [0.717, 1.165) is 0 Å². The molecule has 0 aromatic heterocycles. The lowest BCUT2D eigenvalue weighted by molar-refractivity contribution is 0.314. The maximum Gasteiger partial charge on any atom is 0.131 e. The smallest absolute Gasteiger partial charge is 0.131 e. The van der Waals surface area contributed by atoms with E-state index < -0.39 is 6.67 Å². The lowest BCUT2D eigenvalue weighted by Gasteiger charge is -2.03.